The van der Waals surface area contributed by atoms with Crippen molar-refractivity contribution in [3.63, 3.8) is 0 Å². The third-order valence-corrected chi connectivity index (χ3v) is 1.28. The number of aliphatic hydroxyl groups is 2. The van der Waals surface area contributed by atoms with Gasteiger partial charge in [-0.2, -0.15) is 0 Å². The van der Waals surface area contributed by atoms with Crippen LogP contribution < -0.4 is 0 Å². The van der Waals surface area contributed by atoms with Crippen molar-refractivity contribution in [2.45, 2.75) is 19.3 Å². The predicted molar refractivity (Wildman–Crippen MR) is 41.4 cm³/mol. The zero-order valence-corrected chi connectivity index (χ0v) is 6.73. The van der Waals surface area contributed by atoms with Crippen LogP contribution in [0.4, 0.5) is 0 Å². The van der Waals surface area contributed by atoms with Crippen molar-refractivity contribution in [1.82, 2.24) is 0 Å². The van der Waals surface area contributed by atoms with Crippen molar-refractivity contribution in [2.75, 3.05) is 0 Å². The molecule has 0 aliphatic carbocycles. The Morgan fingerprint density at radius 2 is 1.46 bits per heavy atom. The molecule has 0 aromatic heterocycles. The summed E-state index contributed by atoms with van der Waals surface area (Å²) in [4.78, 5) is 20.1. The largest absolute Gasteiger partial charge is 0.508 e. The van der Waals surface area contributed by atoms with E-state index in [9.17, 15) is 9.59 Å². The summed E-state index contributed by atoms with van der Waals surface area (Å²) < 4.78 is 0. The molecule has 0 amide bonds. The van der Waals surface area contributed by atoms with Gasteiger partial charge in [0, 0.05) is 12.8 Å². The quantitative estimate of drug-likeness (QED) is 0.373. The van der Waals surface area contributed by atoms with Gasteiger partial charge in [0.1, 0.15) is 5.76 Å². The second kappa shape index (κ2) is 5.02. The van der Waals surface area contributed by atoms with Gasteiger partial charge in [0.25, 0.3) is 0 Å². The highest BCUT2D eigenvalue weighted by Gasteiger charge is 2.11. The number of carboxylic acid groups (broad SMARTS) is 2. The molecule has 0 bridgehead atoms. The first kappa shape index (κ1) is 11.3. The lowest BCUT2D eigenvalue weighted by atomic mass is 10.2. The molecule has 0 aromatic carbocycles. The van der Waals surface area contributed by atoms with Crippen LogP contribution in [0.2, 0.25) is 0 Å². The maximum atomic E-state index is 10.1. The average Bonchev–Trinajstić information content (AvgIpc) is 2.02. The van der Waals surface area contributed by atoms with Gasteiger partial charge in [-0.1, -0.05) is 0 Å². The van der Waals surface area contributed by atoms with E-state index in [1.165, 1.54) is 0 Å². The first-order valence-electron chi connectivity index (χ1n) is 3.51. The topological polar surface area (TPSA) is 115 Å². The summed E-state index contributed by atoms with van der Waals surface area (Å²) >= 11 is 0. The van der Waals surface area contributed by atoms with Gasteiger partial charge in [-0.05, 0) is 6.42 Å². The van der Waals surface area contributed by atoms with Gasteiger partial charge in [0.2, 0.25) is 5.76 Å². The molecule has 0 saturated carbocycles. The lowest BCUT2D eigenvalue weighted by Crippen LogP contribution is -2.04. The number of rotatable bonds is 5. The summed E-state index contributed by atoms with van der Waals surface area (Å²) in [6.45, 7) is 0. The van der Waals surface area contributed by atoms with Crippen molar-refractivity contribution in [1.29, 1.82) is 0 Å². The zero-order valence-electron chi connectivity index (χ0n) is 6.73. The molecule has 4 N–H and O–H groups in total. The first-order chi connectivity index (χ1) is 5.95. The second-order valence-electron chi connectivity index (χ2n) is 2.35. The van der Waals surface area contributed by atoms with E-state index in [1.807, 2.05) is 0 Å². The molecule has 0 aliphatic rings. The van der Waals surface area contributed by atoms with Crippen LogP contribution in [0.15, 0.2) is 11.5 Å². The van der Waals surface area contributed by atoms with E-state index in [0.717, 1.165) is 0 Å². The first-order valence-corrected chi connectivity index (χ1v) is 3.51. The van der Waals surface area contributed by atoms with Gasteiger partial charge in [0.15, 0.2) is 0 Å². The number of aliphatic hydroxyl groups excluding tert-OH is 2. The van der Waals surface area contributed by atoms with Crippen molar-refractivity contribution in [2.24, 2.45) is 0 Å². The Morgan fingerprint density at radius 3 is 1.85 bits per heavy atom. The Balaban J connectivity index is 3.99. The number of aliphatic carboxylic acids is 2. The molecule has 0 fully saturated rings. The Labute approximate surface area is 73.7 Å². The lowest BCUT2D eigenvalue weighted by Gasteiger charge is -1.99. The predicted octanol–water partition coefficient (Wildman–Crippen LogP) is 0.653. The zero-order chi connectivity index (χ0) is 10.4. The molecule has 0 radical (unpaired) electrons. The Kier molecular flexibility index (Phi) is 4.36. The van der Waals surface area contributed by atoms with Crippen molar-refractivity contribution in [3.05, 3.63) is 11.5 Å². The maximum Gasteiger partial charge on any atom is 0.374 e. The summed E-state index contributed by atoms with van der Waals surface area (Å²) in [6, 6.07) is 0. The minimum atomic E-state index is -1.63. The highest BCUT2D eigenvalue weighted by atomic mass is 16.4. The van der Waals surface area contributed by atoms with Gasteiger partial charge >= 0.3 is 11.9 Å². The monoisotopic (exact) mass is 190 g/mol. The summed E-state index contributed by atoms with van der Waals surface area (Å²) in [5.41, 5.74) is 0. The third kappa shape index (κ3) is 4.67. The molecule has 0 saturated heterocycles. The van der Waals surface area contributed by atoms with E-state index in [4.69, 9.17) is 20.4 Å². The van der Waals surface area contributed by atoms with Crippen molar-refractivity contribution >= 4 is 11.9 Å². The van der Waals surface area contributed by atoms with E-state index in [2.05, 4.69) is 0 Å². The Bertz CT molecular complexity index is 241. The van der Waals surface area contributed by atoms with E-state index in [1.54, 1.807) is 0 Å². The fourth-order valence-electron chi connectivity index (χ4n) is 0.649. The number of carbonyl (C=O) groups is 2. The number of allylic oxidation sites excluding steroid dienone is 1. The van der Waals surface area contributed by atoms with Crippen LogP contribution in [0.5, 0.6) is 0 Å². The smallest absolute Gasteiger partial charge is 0.374 e. The van der Waals surface area contributed by atoms with Crippen LogP contribution in [0.3, 0.4) is 0 Å². The maximum absolute atomic E-state index is 10.1. The van der Waals surface area contributed by atoms with E-state index < -0.39 is 23.5 Å². The fraction of sp³-hybridized carbons (Fsp3) is 0.429. The third-order valence-electron chi connectivity index (χ3n) is 1.28. The fourth-order valence-corrected chi connectivity index (χ4v) is 0.649. The van der Waals surface area contributed by atoms with Crippen molar-refractivity contribution < 1.29 is 30.0 Å². The highest BCUT2D eigenvalue weighted by molar-refractivity contribution is 5.84. The van der Waals surface area contributed by atoms with Crippen LogP contribution in [0.25, 0.3) is 0 Å². The van der Waals surface area contributed by atoms with Gasteiger partial charge in [-0.15, -0.1) is 0 Å². The number of hydrogen-bond acceptors (Lipinski definition) is 4. The minimum Gasteiger partial charge on any atom is -0.508 e. The molecule has 0 spiro atoms. The number of carboxylic acids is 2. The molecule has 6 nitrogen and oxygen atoms in total. The molecule has 6 heteroatoms. The molecule has 0 atom stereocenters. The Hall–Kier alpha value is -1.72. The normalized spacial score (nSPS) is 12.0. The van der Waals surface area contributed by atoms with Gasteiger partial charge < -0.3 is 20.4 Å². The van der Waals surface area contributed by atoms with E-state index in [-0.39, 0.29) is 19.3 Å². The van der Waals surface area contributed by atoms with Crippen LogP contribution in [-0.2, 0) is 9.59 Å². The van der Waals surface area contributed by atoms with Crippen LogP contribution in [0, 0.1) is 0 Å². The summed E-state index contributed by atoms with van der Waals surface area (Å²) in [6.07, 6.45) is -0.264. The molecule has 13 heavy (non-hydrogen) atoms. The van der Waals surface area contributed by atoms with Crippen LogP contribution in [0.1, 0.15) is 19.3 Å². The second-order valence-corrected chi connectivity index (χ2v) is 2.35. The molecular weight excluding hydrogens is 180 g/mol. The van der Waals surface area contributed by atoms with Gasteiger partial charge in [-0.3, -0.25) is 4.79 Å². The summed E-state index contributed by atoms with van der Waals surface area (Å²) in [5.74, 6) is -4.51. The molecule has 0 rings (SSSR count). The molecule has 0 unspecified atom stereocenters. The van der Waals surface area contributed by atoms with Crippen LogP contribution in [-0.4, -0.2) is 32.4 Å². The van der Waals surface area contributed by atoms with Crippen LogP contribution >= 0.6 is 0 Å². The molecule has 74 valence electrons. The standard InChI is InChI=1S/C7H10O6/c8-4(6(11)7(12)13)2-1-3-5(9)10/h8,11H,1-3H2,(H,9,10)(H,12,13). The Morgan fingerprint density at radius 1 is 0.923 bits per heavy atom. The molecular formula is C7H10O6. The van der Waals surface area contributed by atoms with E-state index in [0.29, 0.717) is 0 Å². The summed E-state index contributed by atoms with van der Waals surface area (Å²) in [7, 11) is 0. The molecule has 0 heterocycles. The SMILES string of the molecule is O=C(O)CCCC(O)=C(O)C(=O)O. The minimum absolute atomic E-state index is 0.0819. The average molecular weight is 190 g/mol. The number of hydrogen-bond donors (Lipinski definition) is 4. The van der Waals surface area contributed by atoms with Gasteiger partial charge in [0.05, 0.1) is 0 Å². The summed E-state index contributed by atoms with van der Waals surface area (Å²) in [5, 5.41) is 33.9. The molecule has 0 aliphatic heterocycles. The lowest BCUT2D eigenvalue weighted by molar-refractivity contribution is -0.137. The van der Waals surface area contributed by atoms with E-state index >= 15 is 0 Å². The van der Waals surface area contributed by atoms with Crippen molar-refractivity contribution in [3.8, 4) is 0 Å². The highest BCUT2D eigenvalue weighted by Crippen LogP contribution is 2.07. The van der Waals surface area contributed by atoms with Gasteiger partial charge in [-0.25, -0.2) is 4.79 Å². The molecule has 0 aromatic rings.